The monoisotopic (exact) mass is 341 g/mol. The predicted octanol–water partition coefficient (Wildman–Crippen LogP) is 4.30. The van der Waals surface area contributed by atoms with E-state index in [0.29, 0.717) is 12.6 Å². The van der Waals surface area contributed by atoms with Gasteiger partial charge in [-0.2, -0.15) is 0 Å². The first-order valence-electron chi connectivity index (χ1n) is 6.81. The zero-order valence-electron chi connectivity index (χ0n) is 12.8. The lowest BCUT2D eigenvalue weighted by Crippen LogP contribution is -2.21. The van der Waals surface area contributed by atoms with Crippen LogP contribution in [0.15, 0.2) is 28.8 Å². The summed E-state index contributed by atoms with van der Waals surface area (Å²) in [6, 6.07) is 4.52. The molecular weight excluding hydrogens is 318 g/mol. The van der Waals surface area contributed by atoms with Crippen LogP contribution in [0.5, 0.6) is 11.5 Å². The van der Waals surface area contributed by atoms with E-state index in [1.54, 1.807) is 7.11 Å². The van der Waals surface area contributed by atoms with Crippen molar-refractivity contribution in [3.05, 3.63) is 34.3 Å². The molecule has 0 atom stereocenters. The number of hydrogen-bond acceptors (Lipinski definition) is 3. The van der Waals surface area contributed by atoms with E-state index in [1.807, 2.05) is 13.0 Å². The molecule has 0 aliphatic rings. The van der Waals surface area contributed by atoms with Gasteiger partial charge in [0.05, 0.1) is 18.2 Å². The molecule has 0 bridgehead atoms. The van der Waals surface area contributed by atoms with Crippen LogP contribution >= 0.6 is 15.9 Å². The summed E-state index contributed by atoms with van der Waals surface area (Å²) in [5.41, 5.74) is 2.27. The van der Waals surface area contributed by atoms with Gasteiger partial charge in [-0.3, -0.25) is 0 Å². The third kappa shape index (κ3) is 5.55. The van der Waals surface area contributed by atoms with Gasteiger partial charge in [-0.05, 0) is 40.5 Å². The van der Waals surface area contributed by atoms with Crippen LogP contribution in [0, 0.1) is 0 Å². The first-order valence-corrected chi connectivity index (χ1v) is 7.60. The first kappa shape index (κ1) is 17.1. The van der Waals surface area contributed by atoms with Crippen molar-refractivity contribution in [1.29, 1.82) is 0 Å². The average Bonchev–Trinajstić information content (AvgIpc) is 2.37. The van der Waals surface area contributed by atoms with Crippen molar-refractivity contribution < 1.29 is 9.47 Å². The second-order valence-corrected chi connectivity index (χ2v) is 6.05. The lowest BCUT2D eigenvalue weighted by atomic mass is 10.2. The van der Waals surface area contributed by atoms with Crippen LogP contribution in [-0.4, -0.2) is 19.8 Å². The molecule has 112 valence electrons. The van der Waals surface area contributed by atoms with Crippen LogP contribution in [0.1, 0.15) is 32.8 Å². The largest absolute Gasteiger partial charge is 0.493 e. The molecule has 0 aliphatic carbocycles. The summed E-state index contributed by atoms with van der Waals surface area (Å²) in [7, 11) is 1.66. The fourth-order valence-electron chi connectivity index (χ4n) is 1.66. The Bertz CT molecular complexity index is 458. The van der Waals surface area contributed by atoms with Crippen molar-refractivity contribution >= 4 is 15.9 Å². The molecule has 1 rings (SSSR count). The summed E-state index contributed by atoms with van der Waals surface area (Å²) in [5, 5.41) is 3.39. The maximum absolute atomic E-state index is 5.80. The predicted molar refractivity (Wildman–Crippen MR) is 87.6 cm³/mol. The molecule has 1 aromatic carbocycles. The van der Waals surface area contributed by atoms with E-state index in [2.05, 4.69) is 47.7 Å². The highest BCUT2D eigenvalue weighted by Crippen LogP contribution is 2.36. The van der Waals surface area contributed by atoms with Gasteiger partial charge in [-0.25, -0.2) is 0 Å². The van der Waals surface area contributed by atoms with Crippen LogP contribution in [0.25, 0.3) is 0 Å². The second-order valence-electron chi connectivity index (χ2n) is 5.20. The zero-order valence-corrected chi connectivity index (χ0v) is 14.3. The molecule has 0 spiro atoms. The quantitative estimate of drug-likeness (QED) is 0.715. The highest BCUT2D eigenvalue weighted by Gasteiger charge is 2.11. The van der Waals surface area contributed by atoms with Gasteiger partial charge in [0.25, 0.3) is 0 Å². The normalized spacial score (nSPS) is 10.7. The molecule has 3 nitrogen and oxygen atoms in total. The molecule has 0 heterocycles. The van der Waals surface area contributed by atoms with Crippen molar-refractivity contribution in [2.24, 2.45) is 0 Å². The number of hydrogen-bond donors (Lipinski definition) is 1. The molecule has 1 aromatic rings. The molecule has 0 aliphatic heterocycles. The summed E-state index contributed by atoms with van der Waals surface area (Å²) in [5.74, 6) is 1.50. The molecule has 0 fully saturated rings. The van der Waals surface area contributed by atoms with Crippen LogP contribution in [0.2, 0.25) is 0 Å². The fourth-order valence-corrected chi connectivity index (χ4v) is 2.27. The molecule has 0 unspecified atom stereocenters. The number of ether oxygens (including phenoxy) is 2. The number of nitrogens with one attached hydrogen (secondary N) is 1. The minimum atomic E-state index is 0.450. The smallest absolute Gasteiger partial charge is 0.175 e. The molecule has 1 N–H and O–H groups in total. The Balaban J connectivity index is 2.81. The molecule has 4 heteroatoms. The van der Waals surface area contributed by atoms with Gasteiger partial charge in [0.1, 0.15) is 0 Å². The molecular formula is C16H24BrNO2. The summed E-state index contributed by atoms with van der Waals surface area (Å²) in [6.45, 7) is 11.5. The van der Waals surface area contributed by atoms with Gasteiger partial charge < -0.3 is 14.8 Å². The van der Waals surface area contributed by atoms with E-state index >= 15 is 0 Å². The Morgan fingerprint density at radius 1 is 1.40 bits per heavy atom. The van der Waals surface area contributed by atoms with Crippen molar-refractivity contribution in [3.63, 3.8) is 0 Å². The standard InChI is InChI=1S/C16H24BrNO2/c1-11(2)6-7-20-16-14(17)8-13(9-15(16)19-5)10-18-12(3)4/h8-9,12,18H,1,6-7,10H2,2-5H3. The summed E-state index contributed by atoms with van der Waals surface area (Å²) < 4.78 is 12.1. The van der Waals surface area contributed by atoms with Crippen LogP contribution in [0.3, 0.4) is 0 Å². The Morgan fingerprint density at radius 2 is 2.10 bits per heavy atom. The average molecular weight is 342 g/mol. The van der Waals surface area contributed by atoms with Crippen molar-refractivity contribution in [3.8, 4) is 11.5 Å². The van der Waals surface area contributed by atoms with Crippen LogP contribution in [0.4, 0.5) is 0 Å². The van der Waals surface area contributed by atoms with Gasteiger partial charge in [-0.1, -0.05) is 19.4 Å². The molecule has 0 aromatic heterocycles. The lowest BCUT2D eigenvalue weighted by molar-refractivity contribution is 0.295. The van der Waals surface area contributed by atoms with E-state index < -0.39 is 0 Å². The van der Waals surface area contributed by atoms with Crippen LogP contribution in [-0.2, 0) is 6.54 Å². The van der Waals surface area contributed by atoms with Gasteiger partial charge in [0, 0.05) is 19.0 Å². The molecule has 0 saturated heterocycles. The van der Waals surface area contributed by atoms with Crippen molar-refractivity contribution in [2.45, 2.75) is 39.8 Å². The van der Waals surface area contributed by atoms with E-state index in [1.165, 1.54) is 0 Å². The minimum absolute atomic E-state index is 0.450. The Labute approximate surface area is 130 Å². The molecule has 0 saturated carbocycles. The lowest BCUT2D eigenvalue weighted by Gasteiger charge is -2.15. The number of methoxy groups -OCH3 is 1. The Morgan fingerprint density at radius 3 is 2.65 bits per heavy atom. The first-order chi connectivity index (χ1) is 9.43. The SMILES string of the molecule is C=C(C)CCOc1c(Br)cc(CNC(C)C)cc1OC. The van der Waals surface area contributed by atoms with Gasteiger partial charge in [-0.15, -0.1) is 6.58 Å². The molecule has 0 radical (unpaired) electrons. The second kappa shape index (κ2) is 8.32. The van der Waals surface area contributed by atoms with E-state index in [4.69, 9.17) is 9.47 Å². The van der Waals surface area contributed by atoms with E-state index in [-0.39, 0.29) is 0 Å². The van der Waals surface area contributed by atoms with Gasteiger partial charge in [0.2, 0.25) is 0 Å². The third-order valence-corrected chi connectivity index (χ3v) is 3.37. The van der Waals surface area contributed by atoms with E-state index in [0.717, 1.165) is 40.1 Å². The molecule has 0 amide bonds. The number of benzene rings is 1. The van der Waals surface area contributed by atoms with Gasteiger partial charge in [0.15, 0.2) is 11.5 Å². The number of rotatable bonds is 8. The topological polar surface area (TPSA) is 30.5 Å². The Kier molecular flexibility index (Phi) is 7.10. The highest BCUT2D eigenvalue weighted by molar-refractivity contribution is 9.10. The van der Waals surface area contributed by atoms with Crippen LogP contribution < -0.4 is 14.8 Å². The fraction of sp³-hybridized carbons (Fsp3) is 0.500. The van der Waals surface area contributed by atoms with Crippen molar-refractivity contribution in [2.75, 3.05) is 13.7 Å². The maximum atomic E-state index is 5.80. The minimum Gasteiger partial charge on any atom is -0.493 e. The summed E-state index contributed by atoms with van der Waals surface area (Å²) in [4.78, 5) is 0. The highest BCUT2D eigenvalue weighted by atomic mass is 79.9. The summed E-state index contributed by atoms with van der Waals surface area (Å²) in [6.07, 6.45) is 0.840. The van der Waals surface area contributed by atoms with Crippen molar-refractivity contribution in [1.82, 2.24) is 5.32 Å². The van der Waals surface area contributed by atoms with Gasteiger partial charge >= 0.3 is 0 Å². The number of halogens is 1. The third-order valence-electron chi connectivity index (χ3n) is 2.78. The maximum Gasteiger partial charge on any atom is 0.175 e. The van der Waals surface area contributed by atoms with E-state index in [9.17, 15) is 0 Å². The Hall–Kier alpha value is -1.00. The molecule has 20 heavy (non-hydrogen) atoms. The summed E-state index contributed by atoms with van der Waals surface area (Å²) >= 11 is 3.56. The zero-order chi connectivity index (χ0) is 15.1.